The minimum Gasteiger partial charge on any atom is -0.508 e. The predicted molar refractivity (Wildman–Crippen MR) is 115 cm³/mol. The van der Waals surface area contributed by atoms with E-state index >= 15 is 0 Å². The molecule has 0 saturated heterocycles. The van der Waals surface area contributed by atoms with Gasteiger partial charge < -0.3 is 14.9 Å². The highest BCUT2D eigenvalue weighted by Crippen LogP contribution is 2.36. The van der Waals surface area contributed by atoms with Crippen LogP contribution in [0.15, 0.2) is 66.7 Å². The van der Waals surface area contributed by atoms with E-state index < -0.39 is 5.82 Å². The highest BCUT2D eigenvalue weighted by Gasteiger charge is 2.15. The van der Waals surface area contributed by atoms with Crippen LogP contribution < -0.4 is 4.74 Å². The van der Waals surface area contributed by atoms with Crippen molar-refractivity contribution >= 4 is 22.7 Å². The summed E-state index contributed by atoms with van der Waals surface area (Å²) >= 11 is 5.68. The first-order chi connectivity index (χ1) is 14.0. The Bertz CT molecular complexity index is 996. The van der Waals surface area contributed by atoms with Gasteiger partial charge in [-0.1, -0.05) is 37.3 Å². The molecule has 150 valence electrons. The van der Waals surface area contributed by atoms with Crippen molar-refractivity contribution in [1.82, 2.24) is 0 Å². The molecular weight excluding hydrogens is 391 g/mol. The molecular formula is C24H22ClFO3. The van der Waals surface area contributed by atoms with Crippen LogP contribution in [0.2, 0.25) is 0 Å². The van der Waals surface area contributed by atoms with Crippen molar-refractivity contribution in [3.63, 3.8) is 0 Å². The van der Waals surface area contributed by atoms with Gasteiger partial charge in [0.05, 0.1) is 5.88 Å². The number of halogens is 2. The molecule has 0 aromatic heterocycles. The van der Waals surface area contributed by atoms with Crippen molar-refractivity contribution in [1.29, 1.82) is 0 Å². The monoisotopic (exact) mass is 412 g/mol. The SMILES string of the molecule is CCC(=C(c1ccc(O)cc1)c1ccc(OCCCl)cc1)c1ccc(O)c(F)c1. The Kier molecular flexibility index (Phi) is 6.78. The van der Waals surface area contributed by atoms with E-state index in [1.807, 2.05) is 43.3 Å². The van der Waals surface area contributed by atoms with Crippen LogP contribution in [0.5, 0.6) is 17.2 Å². The summed E-state index contributed by atoms with van der Waals surface area (Å²) in [6.07, 6.45) is 0.644. The molecule has 0 aliphatic rings. The van der Waals surface area contributed by atoms with E-state index in [0.717, 1.165) is 22.3 Å². The molecule has 0 aliphatic carbocycles. The standard InChI is InChI=1S/C24H22ClFO3/c1-2-21(18-7-12-23(28)22(26)15-18)24(16-3-8-19(27)9-4-16)17-5-10-20(11-6-17)29-14-13-25/h3-12,15,27-28H,2,13-14H2,1H3. The average molecular weight is 413 g/mol. The Morgan fingerprint density at radius 3 is 2.03 bits per heavy atom. The third-order valence-electron chi connectivity index (χ3n) is 4.60. The van der Waals surface area contributed by atoms with Gasteiger partial charge in [-0.3, -0.25) is 0 Å². The van der Waals surface area contributed by atoms with E-state index in [2.05, 4.69) is 0 Å². The molecule has 29 heavy (non-hydrogen) atoms. The van der Waals surface area contributed by atoms with Crippen LogP contribution >= 0.6 is 11.6 Å². The van der Waals surface area contributed by atoms with Gasteiger partial charge in [-0.25, -0.2) is 4.39 Å². The van der Waals surface area contributed by atoms with Crippen LogP contribution in [0.3, 0.4) is 0 Å². The summed E-state index contributed by atoms with van der Waals surface area (Å²) in [5.74, 6) is 0.256. The second-order valence-electron chi connectivity index (χ2n) is 6.48. The minimum absolute atomic E-state index is 0.173. The summed E-state index contributed by atoms with van der Waals surface area (Å²) in [4.78, 5) is 0. The molecule has 0 fully saturated rings. The lowest BCUT2D eigenvalue weighted by Gasteiger charge is -2.17. The van der Waals surface area contributed by atoms with Crippen molar-refractivity contribution in [2.75, 3.05) is 12.5 Å². The maximum Gasteiger partial charge on any atom is 0.165 e. The van der Waals surface area contributed by atoms with Crippen LogP contribution in [-0.2, 0) is 0 Å². The summed E-state index contributed by atoms with van der Waals surface area (Å²) in [6.45, 7) is 2.42. The molecule has 0 radical (unpaired) electrons. The Balaban J connectivity index is 2.17. The van der Waals surface area contributed by atoms with Crippen molar-refractivity contribution < 1.29 is 19.3 Å². The van der Waals surface area contributed by atoms with Crippen LogP contribution in [0.4, 0.5) is 4.39 Å². The number of hydrogen-bond acceptors (Lipinski definition) is 3. The Hall–Kier alpha value is -2.98. The molecule has 0 atom stereocenters. The largest absolute Gasteiger partial charge is 0.508 e. The fourth-order valence-electron chi connectivity index (χ4n) is 3.24. The zero-order valence-electron chi connectivity index (χ0n) is 16.0. The summed E-state index contributed by atoms with van der Waals surface area (Å²) in [5, 5.41) is 19.2. The van der Waals surface area contributed by atoms with E-state index in [1.165, 1.54) is 12.1 Å². The topological polar surface area (TPSA) is 49.7 Å². The number of ether oxygens (including phenoxy) is 1. The molecule has 0 amide bonds. The molecule has 3 aromatic carbocycles. The van der Waals surface area contributed by atoms with Gasteiger partial charge in [0, 0.05) is 0 Å². The van der Waals surface area contributed by atoms with Gasteiger partial charge in [-0.2, -0.15) is 0 Å². The predicted octanol–water partition coefficient (Wildman–Crippen LogP) is 6.22. The second kappa shape index (κ2) is 9.48. The molecule has 5 heteroatoms. The van der Waals surface area contributed by atoms with Crippen molar-refractivity contribution in [2.45, 2.75) is 13.3 Å². The van der Waals surface area contributed by atoms with Gasteiger partial charge in [0.1, 0.15) is 18.1 Å². The molecule has 3 nitrogen and oxygen atoms in total. The minimum atomic E-state index is -0.664. The van der Waals surface area contributed by atoms with Crippen LogP contribution in [0, 0.1) is 5.82 Å². The number of phenols is 2. The number of phenolic OH excluding ortho intramolecular Hbond substituents is 2. The number of allylic oxidation sites excluding steroid dienone is 1. The summed E-state index contributed by atoms with van der Waals surface area (Å²) in [5.41, 5.74) is 4.35. The molecule has 3 aromatic rings. The molecule has 0 aliphatic heterocycles. The average Bonchev–Trinajstić information content (AvgIpc) is 2.74. The third kappa shape index (κ3) is 4.90. The lowest BCUT2D eigenvalue weighted by atomic mass is 9.88. The zero-order chi connectivity index (χ0) is 20.8. The van der Waals surface area contributed by atoms with Gasteiger partial charge in [-0.15, -0.1) is 11.6 Å². The van der Waals surface area contributed by atoms with E-state index in [9.17, 15) is 14.6 Å². The Labute approximate surface area is 174 Å². The molecule has 0 saturated carbocycles. The Morgan fingerprint density at radius 2 is 1.48 bits per heavy atom. The maximum absolute atomic E-state index is 14.0. The van der Waals surface area contributed by atoms with E-state index in [4.69, 9.17) is 16.3 Å². The third-order valence-corrected chi connectivity index (χ3v) is 4.75. The van der Waals surface area contributed by atoms with Gasteiger partial charge in [0.25, 0.3) is 0 Å². The quantitative estimate of drug-likeness (QED) is 0.357. The number of alkyl halides is 1. The van der Waals surface area contributed by atoms with Crippen molar-refractivity contribution in [3.05, 3.63) is 89.2 Å². The number of benzene rings is 3. The smallest absolute Gasteiger partial charge is 0.165 e. The summed E-state index contributed by atoms with van der Waals surface area (Å²) in [7, 11) is 0. The fraction of sp³-hybridized carbons (Fsp3) is 0.167. The normalized spacial score (nSPS) is 11.8. The lowest BCUT2D eigenvalue weighted by Crippen LogP contribution is -1.99. The molecule has 3 rings (SSSR count). The first kappa shape index (κ1) is 20.7. The lowest BCUT2D eigenvalue weighted by molar-refractivity contribution is 0.343. The van der Waals surface area contributed by atoms with Gasteiger partial charge in [0.15, 0.2) is 11.6 Å². The van der Waals surface area contributed by atoms with Crippen molar-refractivity contribution in [3.8, 4) is 17.2 Å². The maximum atomic E-state index is 14.0. The fourth-order valence-corrected chi connectivity index (χ4v) is 3.31. The molecule has 0 unspecified atom stereocenters. The number of hydrogen-bond donors (Lipinski definition) is 2. The van der Waals surface area contributed by atoms with Gasteiger partial charge in [-0.05, 0) is 70.7 Å². The van der Waals surface area contributed by atoms with Gasteiger partial charge in [0.2, 0.25) is 0 Å². The first-order valence-corrected chi connectivity index (χ1v) is 9.87. The van der Waals surface area contributed by atoms with Crippen LogP contribution in [-0.4, -0.2) is 22.7 Å². The van der Waals surface area contributed by atoms with Gasteiger partial charge >= 0.3 is 0 Å². The number of rotatable bonds is 7. The van der Waals surface area contributed by atoms with E-state index in [0.29, 0.717) is 30.2 Å². The highest BCUT2D eigenvalue weighted by atomic mass is 35.5. The molecule has 2 N–H and O–H groups in total. The van der Waals surface area contributed by atoms with Crippen molar-refractivity contribution in [2.24, 2.45) is 0 Å². The van der Waals surface area contributed by atoms with E-state index in [1.54, 1.807) is 18.2 Å². The van der Waals surface area contributed by atoms with E-state index in [-0.39, 0.29) is 11.5 Å². The summed E-state index contributed by atoms with van der Waals surface area (Å²) < 4.78 is 19.6. The first-order valence-electron chi connectivity index (χ1n) is 9.34. The zero-order valence-corrected chi connectivity index (χ0v) is 16.8. The Morgan fingerprint density at radius 1 is 0.897 bits per heavy atom. The highest BCUT2D eigenvalue weighted by molar-refractivity contribution is 6.18. The summed E-state index contributed by atoms with van der Waals surface area (Å²) in [6, 6.07) is 18.9. The molecule has 0 heterocycles. The van der Waals surface area contributed by atoms with Crippen LogP contribution in [0.25, 0.3) is 11.1 Å². The number of aromatic hydroxyl groups is 2. The second-order valence-corrected chi connectivity index (χ2v) is 6.86. The molecule has 0 bridgehead atoms. The van der Waals surface area contributed by atoms with Crippen LogP contribution in [0.1, 0.15) is 30.0 Å². The molecule has 0 spiro atoms.